The van der Waals surface area contributed by atoms with Gasteiger partial charge in [-0.25, -0.2) is 14.6 Å². The standard InChI is InChI=1S/C26H23ClN4O4S/c1-5-35-24(33)21-14(2)28-25-31(22(21)16-7-9-17(27)10-8-16)23(32)20(36-25)13-15-6-11-18-19(12-15)30(4)26(34)29(18)3/h6-13,22H,5H2,1-4H3/b20-13-. The molecule has 5 rings (SSSR count). The fourth-order valence-electron chi connectivity index (χ4n) is 4.52. The van der Waals surface area contributed by atoms with E-state index in [-0.39, 0.29) is 17.9 Å². The number of hydrogen-bond acceptors (Lipinski definition) is 6. The van der Waals surface area contributed by atoms with Gasteiger partial charge in [-0.15, -0.1) is 0 Å². The molecule has 1 aliphatic rings. The SMILES string of the molecule is CCOC(=O)C1=C(C)N=c2s/c(=C\c3ccc4c(c3)n(C)c(=O)n4C)c(=O)n2C1c1ccc(Cl)cc1. The van der Waals surface area contributed by atoms with Crippen LogP contribution in [0.2, 0.25) is 5.02 Å². The average molecular weight is 523 g/mol. The highest BCUT2D eigenvalue weighted by atomic mass is 35.5. The molecule has 0 N–H and O–H groups in total. The van der Waals surface area contributed by atoms with Crippen molar-refractivity contribution in [2.24, 2.45) is 19.1 Å². The Bertz CT molecular complexity index is 1810. The lowest BCUT2D eigenvalue weighted by Gasteiger charge is -2.24. The summed E-state index contributed by atoms with van der Waals surface area (Å²) in [5.74, 6) is -0.511. The van der Waals surface area contributed by atoms with Crippen LogP contribution < -0.4 is 20.6 Å². The molecule has 184 valence electrons. The zero-order chi connectivity index (χ0) is 25.7. The molecular formula is C26H23ClN4O4S. The molecule has 1 atom stereocenters. The second-order valence-electron chi connectivity index (χ2n) is 8.50. The zero-order valence-corrected chi connectivity index (χ0v) is 21.7. The van der Waals surface area contributed by atoms with E-state index in [2.05, 4.69) is 4.99 Å². The van der Waals surface area contributed by atoms with Crippen LogP contribution in [0.15, 0.2) is 68.3 Å². The number of aryl methyl sites for hydroxylation is 2. The molecule has 0 bridgehead atoms. The van der Waals surface area contributed by atoms with E-state index in [0.29, 0.717) is 25.6 Å². The van der Waals surface area contributed by atoms with E-state index >= 15 is 0 Å². The topological polar surface area (TPSA) is 87.6 Å². The minimum atomic E-state index is -0.697. The van der Waals surface area contributed by atoms with Crippen molar-refractivity contribution >= 4 is 46.0 Å². The van der Waals surface area contributed by atoms with Gasteiger partial charge >= 0.3 is 11.7 Å². The van der Waals surface area contributed by atoms with Gasteiger partial charge in [-0.3, -0.25) is 18.5 Å². The number of rotatable bonds is 4. The van der Waals surface area contributed by atoms with Crippen molar-refractivity contribution in [3.8, 4) is 0 Å². The van der Waals surface area contributed by atoms with Gasteiger partial charge in [-0.05, 0) is 55.3 Å². The normalized spacial score (nSPS) is 15.8. The Labute approximate surface area is 214 Å². The lowest BCUT2D eigenvalue weighted by atomic mass is 9.96. The number of allylic oxidation sites excluding steroid dienone is 1. The monoisotopic (exact) mass is 522 g/mol. The molecule has 2 aromatic heterocycles. The number of thiazole rings is 1. The number of carbonyl (C=O) groups is 1. The number of halogens is 1. The van der Waals surface area contributed by atoms with Gasteiger partial charge in [-0.1, -0.05) is 41.1 Å². The smallest absolute Gasteiger partial charge is 0.338 e. The number of esters is 1. The van der Waals surface area contributed by atoms with Crippen LogP contribution in [-0.4, -0.2) is 26.3 Å². The summed E-state index contributed by atoms with van der Waals surface area (Å²) in [7, 11) is 3.44. The molecule has 36 heavy (non-hydrogen) atoms. The van der Waals surface area contributed by atoms with Crippen molar-refractivity contribution in [2.75, 3.05) is 6.61 Å². The van der Waals surface area contributed by atoms with E-state index in [4.69, 9.17) is 16.3 Å². The summed E-state index contributed by atoms with van der Waals surface area (Å²) in [6.07, 6.45) is 1.78. The Morgan fingerprint density at radius 2 is 1.81 bits per heavy atom. The molecule has 0 amide bonds. The van der Waals surface area contributed by atoms with Crippen LogP contribution in [0.3, 0.4) is 0 Å². The summed E-state index contributed by atoms with van der Waals surface area (Å²) in [6.45, 7) is 3.69. The van der Waals surface area contributed by atoms with Crippen molar-refractivity contribution < 1.29 is 9.53 Å². The first-order valence-corrected chi connectivity index (χ1v) is 12.5. The Balaban J connectivity index is 1.72. The Hall–Kier alpha value is -3.69. The third-order valence-corrected chi connectivity index (χ3v) is 7.53. The molecule has 4 aromatic rings. The predicted octanol–water partition coefficient (Wildman–Crippen LogP) is 2.64. The highest BCUT2D eigenvalue weighted by Crippen LogP contribution is 2.31. The van der Waals surface area contributed by atoms with Crippen molar-refractivity contribution in [1.82, 2.24) is 13.7 Å². The Kier molecular flexibility index (Phi) is 6.05. The summed E-state index contributed by atoms with van der Waals surface area (Å²) in [5.41, 5.74) is 3.51. The first-order chi connectivity index (χ1) is 17.2. The van der Waals surface area contributed by atoms with Gasteiger partial charge in [0.1, 0.15) is 0 Å². The largest absolute Gasteiger partial charge is 0.463 e. The van der Waals surface area contributed by atoms with Gasteiger partial charge in [0, 0.05) is 19.1 Å². The molecular weight excluding hydrogens is 500 g/mol. The lowest BCUT2D eigenvalue weighted by molar-refractivity contribution is -0.139. The van der Waals surface area contributed by atoms with Crippen LogP contribution in [-0.2, 0) is 23.6 Å². The lowest BCUT2D eigenvalue weighted by Crippen LogP contribution is -2.39. The molecule has 10 heteroatoms. The molecule has 8 nitrogen and oxygen atoms in total. The predicted molar refractivity (Wildman–Crippen MR) is 140 cm³/mol. The number of benzene rings is 2. The van der Waals surface area contributed by atoms with Crippen molar-refractivity contribution in [3.05, 3.63) is 100 Å². The van der Waals surface area contributed by atoms with Crippen LogP contribution in [0.1, 0.15) is 31.0 Å². The Morgan fingerprint density at radius 1 is 1.11 bits per heavy atom. The molecule has 2 aromatic carbocycles. The molecule has 0 saturated heterocycles. The fraction of sp³-hybridized carbons (Fsp3) is 0.231. The van der Waals surface area contributed by atoms with E-state index < -0.39 is 12.0 Å². The number of aromatic nitrogens is 3. The summed E-state index contributed by atoms with van der Waals surface area (Å²) >= 11 is 7.35. The van der Waals surface area contributed by atoms with E-state index in [9.17, 15) is 14.4 Å². The molecule has 0 fully saturated rings. The maximum Gasteiger partial charge on any atom is 0.338 e. The molecule has 1 aliphatic heterocycles. The highest BCUT2D eigenvalue weighted by molar-refractivity contribution is 7.07. The molecule has 3 heterocycles. The molecule has 0 radical (unpaired) electrons. The molecule has 1 unspecified atom stereocenters. The van der Waals surface area contributed by atoms with Crippen LogP contribution in [0.4, 0.5) is 0 Å². The fourth-order valence-corrected chi connectivity index (χ4v) is 5.69. The quantitative estimate of drug-likeness (QED) is 0.385. The van der Waals surface area contributed by atoms with Gasteiger partial charge < -0.3 is 4.74 Å². The number of hydrogen-bond donors (Lipinski definition) is 0. The number of ether oxygens (including phenoxy) is 1. The van der Waals surface area contributed by atoms with E-state index in [1.54, 1.807) is 67.4 Å². The van der Waals surface area contributed by atoms with Crippen molar-refractivity contribution in [3.63, 3.8) is 0 Å². The third kappa shape index (κ3) is 3.84. The molecule has 0 saturated carbocycles. The summed E-state index contributed by atoms with van der Waals surface area (Å²) < 4.78 is 10.5. The maximum atomic E-state index is 13.7. The van der Waals surface area contributed by atoms with Crippen LogP contribution in [0.25, 0.3) is 17.1 Å². The molecule has 0 spiro atoms. The first kappa shape index (κ1) is 24.0. The van der Waals surface area contributed by atoms with Crippen molar-refractivity contribution in [2.45, 2.75) is 19.9 Å². The summed E-state index contributed by atoms with van der Waals surface area (Å²) in [4.78, 5) is 44.0. The minimum absolute atomic E-state index is 0.119. The van der Waals surface area contributed by atoms with Crippen LogP contribution >= 0.6 is 22.9 Å². The highest BCUT2D eigenvalue weighted by Gasteiger charge is 2.33. The summed E-state index contributed by atoms with van der Waals surface area (Å²) in [6, 6.07) is 12.0. The number of nitrogens with zero attached hydrogens (tertiary/aromatic N) is 4. The molecule has 0 aliphatic carbocycles. The Morgan fingerprint density at radius 3 is 2.50 bits per heavy atom. The summed E-state index contributed by atoms with van der Waals surface area (Å²) in [5, 5.41) is 0.551. The minimum Gasteiger partial charge on any atom is -0.463 e. The van der Waals surface area contributed by atoms with Gasteiger partial charge in [0.2, 0.25) is 0 Å². The van der Waals surface area contributed by atoms with Crippen LogP contribution in [0.5, 0.6) is 0 Å². The average Bonchev–Trinajstić information content (AvgIpc) is 3.27. The van der Waals surface area contributed by atoms with Gasteiger partial charge in [0.25, 0.3) is 5.56 Å². The number of imidazole rings is 1. The van der Waals surface area contributed by atoms with Crippen molar-refractivity contribution in [1.29, 1.82) is 0 Å². The second-order valence-corrected chi connectivity index (χ2v) is 9.95. The maximum absolute atomic E-state index is 13.7. The van der Waals surface area contributed by atoms with Gasteiger partial charge in [0.15, 0.2) is 4.80 Å². The van der Waals surface area contributed by atoms with E-state index in [1.165, 1.54) is 15.9 Å². The van der Waals surface area contributed by atoms with E-state index in [1.807, 2.05) is 18.2 Å². The third-order valence-electron chi connectivity index (χ3n) is 6.30. The number of fused-ring (bicyclic) bond motifs is 2. The zero-order valence-electron chi connectivity index (χ0n) is 20.1. The first-order valence-electron chi connectivity index (χ1n) is 11.3. The second kappa shape index (κ2) is 9.07. The van der Waals surface area contributed by atoms with E-state index in [0.717, 1.165) is 22.2 Å². The van der Waals surface area contributed by atoms with Crippen LogP contribution in [0, 0.1) is 0 Å². The van der Waals surface area contributed by atoms with Gasteiger partial charge in [0.05, 0.1) is 39.5 Å². The van der Waals surface area contributed by atoms with Gasteiger partial charge in [-0.2, -0.15) is 0 Å². The number of carbonyl (C=O) groups excluding carboxylic acids is 1.